The summed E-state index contributed by atoms with van der Waals surface area (Å²) in [5.41, 5.74) is 1.07. The predicted octanol–water partition coefficient (Wildman–Crippen LogP) is 2.54. The topological polar surface area (TPSA) is 91.8 Å². The van der Waals surface area contributed by atoms with Gasteiger partial charge in [-0.25, -0.2) is 4.79 Å². The van der Waals surface area contributed by atoms with E-state index in [9.17, 15) is 18.0 Å². The molecule has 0 bridgehead atoms. The second-order valence-corrected chi connectivity index (χ2v) is 8.29. The van der Waals surface area contributed by atoms with Crippen LogP contribution >= 0.6 is 11.3 Å². The second kappa shape index (κ2) is 10.2. The van der Waals surface area contributed by atoms with Crippen molar-refractivity contribution in [1.29, 1.82) is 0 Å². The van der Waals surface area contributed by atoms with Crippen LogP contribution in [0.5, 0.6) is 0 Å². The first kappa shape index (κ1) is 23.2. The van der Waals surface area contributed by atoms with Crippen molar-refractivity contribution in [3.05, 3.63) is 52.5 Å². The standard InChI is InChI=1S/C18H21N3O2S.C2HF3O2/c22-18(20-8-14-5-3-7-24-14)16-12-23-17-11-21(10-15(16)17)9-13-4-1-2-6-19-13;3-2(4,5)1(6)7/h1-7,15-17H,8-12H2,(H,20,22);(H,6,7)/t15-,16+,17-;/m1./s1. The van der Waals surface area contributed by atoms with Gasteiger partial charge in [0.05, 0.1) is 30.9 Å². The third-order valence-electron chi connectivity index (χ3n) is 5.10. The van der Waals surface area contributed by atoms with Gasteiger partial charge in [0.25, 0.3) is 0 Å². The average Bonchev–Trinajstić information content (AvgIpc) is 3.44. The highest BCUT2D eigenvalue weighted by atomic mass is 32.1. The number of alkyl halides is 3. The van der Waals surface area contributed by atoms with Gasteiger partial charge >= 0.3 is 12.1 Å². The van der Waals surface area contributed by atoms with Crippen LogP contribution in [0.25, 0.3) is 0 Å². The molecule has 2 aromatic rings. The van der Waals surface area contributed by atoms with Gasteiger partial charge < -0.3 is 15.2 Å². The molecule has 0 aromatic carbocycles. The third-order valence-corrected chi connectivity index (χ3v) is 5.98. The van der Waals surface area contributed by atoms with Crippen LogP contribution in [0.1, 0.15) is 10.6 Å². The Morgan fingerprint density at radius 2 is 2.03 bits per heavy atom. The molecule has 3 atom stereocenters. The van der Waals surface area contributed by atoms with Crippen LogP contribution in [0, 0.1) is 11.8 Å². The van der Waals surface area contributed by atoms with Gasteiger partial charge in [0, 0.05) is 36.6 Å². The van der Waals surface area contributed by atoms with Crippen LogP contribution in [0.2, 0.25) is 0 Å². The number of nitrogens with one attached hydrogen (secondary N) is 1. The van der Waals surface area contributed by atoms with Crippen molar-refractivity contribution < 1.29 is 32.6 Å². The van der Waals surface area contributed by atoms with Crippen molar-refractivity contribution in [2.24, 2.45) is 11.8 Å². The zero-order valence-electron chi connectivity index (χ0n) is 16.4. The molecule has 2 aliphatic rings. The Morgan fingerprint density at radius 3 is 2.65 bits per heavy atom. The minimum absolute atomic E-state index is 0.0382. The third kappa shape index (κ3) is 6.49. The summed E-state index contributed by atoms with van der Waals surface area (Å²) >= 11 is 1.67. The van der Waals surface area contributed by atoms with Crippen molar-refractivity contribution in [3.63, 3.8) is 0 Å². The van der Waals surface area contributed by atoms with E-state index in [4.69, 9.17) is 14.6 Å². The molecule has 31 heavy (non-hydrogen) atoms. The number of aromatic nitrogens is 1. The van der Waals surface area contributed by atoms with Gasteiger partial charge in [0.2, 0.25) is 5.91 Å². The highest BCUT2D eigenvalue weighted by Crippen LogP contribution is 2.34. The lowest BCUT2D eigenvalue weighted by Crippen LogP contribution is -2.36. The lowest BCUT2D eigenvalue weighted by atomic mass is 9.92. The fourth-order valence-electron chi connectivity index (χ4n) is 3.63. The summed E-state index contributed by atoms with van der Waals surface area (Å²) in [5.74, 6) is -2.39. The van der Waals surface area contributed by atoms with Crippen LogP contribution < -0.4 is 5.32 Å². The molecule has 168 valence electrons. The van der Waals surface area contributed by atoms with Crippen molar-refractivity contribution in [2.45, 2.75) is 25.4 Å². The van der Waals surface area contributed by atoms with Crippen molar-refractivity contribution in [1.82, 2.24) is 15.2 Å². The van der Waals surface area contributed by atoms with Crippen molar-refractivity contribution >= 4 is 23.2 Å². The number of carbonyl (C=O) groups excluding carboxylic acids is 1. The number of halogens is 3. The van der Waals surface area contributed by atoms with E-state index < -0.39 is 12.1 Å². The van der Waals surface area contributed by atoms with Gasteiger partial charge in [-0.1, -0.05) is 12.1 Å². The molecule has 11 heteroatoms. The van der Waals surface area contributed by atoms with Crippen LogP contribution in [-0.2, 0) is 27.4 Å². The zero-order chi connectivity index (χ0) is 22.4. The summed E-state index contributed by atoms with van der Waals surface area (Å²) in [6, 6.07) is 10.0. The average molecular weight is 457 g/mol. The second-order valence-electron chi connectivity index (χ2n) is 7.26. The molecule has 0 spiro atoms. The fraction of sp³-hybridized carbons (Fsp3) is 0.450. The molecule has 2 N–H and O–H groups in total. The Kier molecular flexibility index (Phi) is 7.63. The molecule has 0 radical (unpaired) electrons. The van der Waals surface area contributed by atoms with E-state index in [-0.39, 0.29) is 23.8 Å². The number of carbonyl (C=O) groups is 2. The van der Waals surface area contributed by atoms with Gasteiger partial charge in [-0.3, -0.25) is 14.7 Å². The number of hydrogen-bond acceptors (Lipinski definition) is 6. The van der Waals surface area contributed by atoms with Crippen LogP contribution in [0.15, 0.2) is 41.9 Å². The van der Waals surface area contributed by atoms with Crippen molar-refractivity contribution in [2.75, 3.05) is 19.7 Å². The number of amides is 1. The quantitative estimate of drug-likeness (QED) is 0.717. The molecule has 7 nitrogen and oxygen atoms in total. The lowest BCUT2D eigenvalue weighted by molar-refractivity contribution is -0.192. The maximum Gasteiger partial charge on any atom is 0.490 e. The van der Waals surface area contributed by atoms with E-state index in [0.29, 0.717) is 13.2 Å². The van der Waals surface area contributed by atoms with Crippen LogP contribution in [0.3, 0.4) is 0 Å². The van der Waals surface area contributed by atoms with Gasteiger partial charge in [0.15, 0.2) is 0 Å². The first-order valence-corrected chi connectivity index (χ1v) is 10.5. The Bertz CT molecular complexity index is 864. The largest absolute Gasteiger partial charge is 0.490 e. The number of hydrogen-bond donors (Lipinski definition) is 2. The number of nitrogens with zero attached hydrogens (tertiary/aromatic N) is 2. The number of rotatable bonds is 5. The maximum absolute atomic E-state index is 12.5. The number of fused-ring (bicyclic) bond motifs is 1. The number of carboxylic acids is 1. The minimum Gasteiger partial charge on any atom is -0.475 e. The molecule has 2 fully saturated rings. The number of likely N-dealkylation sites (tertiary alicyclic amines) is 1. The van der Waals surface area contributed by atoms with Crippen LogP contribution in [-0.4, -0.2) is 58.8 Å². The Labute approximate surface area is 180 Å². The molecule has 2 aliphatic heterocycles. The molecule has 2 aromatic heterocycles. The van der Waals surface area contributed by atoms with Gasteiger partial charge in [-0.05, 0) is 23.6 Å². The minimum atomic E-state index is -5.08. The first-order valence-electron chi connectivity index (χ1n) is 9.58. The number of pyridine rings is 1. The van der Waals surface area contributed by atoms with Crippen molar-refractivity contribution in [3.8, 4) is 0 Å². The fourth-order valence-corrected chi connectivity index (χ4v) is 4.28. The Morgan fingerprint density at radius 1 is 1.26 bits per heavy atom. The smallest absolute Gasteiger partial charge is 0.475 e. The Balaban J connectivity index is 0.000000339. The summed E-state index contributed by atoms with van der Waals surface area (Å²) in [5, 5.41) is 12.2. The first-order chi connectivity index (χ1) is 14.7. The number of ether oxygens (including phenoxy) is 1. The van der Waals surface area contributed by atoms with Gasteiger partial charge in [-0.2, -0.15) is 13.2 Å². The van der Waals surface area contributed by atoms with E-state index in [1.165, 1.54) is 4.88 Å². The van der Waals surface area contributed by atoms with E-state index in [2.05, 4.69) is 15.2 Å². The summed E-state index contributed by atoms with van der Waals surface area (Å²) < 4.78 is 37.6. The summed E-state index contributed by atoms with van der Waals surface area (Å²) in [6.07, 6.45) is -3.09. The molecular weight excluding hydrogens is 435 g/mol. The molecule has 1 amide bonds. The predicted molar refractivity (Wildman–Crippen MR) is 106 cm³/mol. The lowest BCUT2D eigenvalue weighted by Gasteiger charge is -2.19. The zero-order valence-corrected chi connectivity index (χ0v) is 17.2. The number of carboxylic acid groups (broad SMARTS) is 1. The normalized spacial score (nSPS) is 23.0. The van der Waals surface area contributed by atoms with Gasteiger partial charge in [0.1, 0.15) is 0 Å². The van der Waals surface area contributed by atoms with Gasteiger partial charge in [-0.15, -0.1) is 11.3 Å². The summed E-state index contributed by atoms with van der Waals surface area (Å²) in [4.78, 5) is 29.3. The molecule has 4 rings (SSSR count). The SMILES string of the molecule is O=C(NCc1cccs1)[C@H]1CO[C@@H]2CN(Cc3ccccn3)C[C@H]12.O=C(O)C(F)(F)F. The molecule has 0 saturated carbocycles. The highest BCUT2D eigenvalue weighted by Gasteiger charge is 2.46. The van der Waals surface area contributed by atoms with E-state index in [1.54, 1.807) is 11.3 Å². The molecule has 4 heterocycles. The molecule has 2 saturated heterocycles. The van der Waals surface area contributed by atoms with E-state index in [1.807, 2.05) is 41.9 Å². The monoisotopic (exact) mass is 457 g/mol. The van der Waals surface area contributed by atoms with E-state index >= 15 is 0 Å². The molecule has 0 aliphatic carbocycles. The maximum atomic E-state index is 12.5. The molecule has 0 unspecified atom stereocenters. The number of aliphatic carboxylic acids is 1. The Hall–Kier alpha value is -2.50. The molecular formula is C20H22F3N3O4S. The van der Waals surface area contributed by atoms with Crippen LogP contribution in [0.4, 0.5) is 13.2 Å². The summed E-state index contributed by atoms with van der Waals surface area (Å²) in [7, 11) is 0. The summed E-state index contributed by atoms with van der Waals surface area (Å²) in [6.45, 7) is 3.76. The van der Waals surface area contributed by atoms with E-state index in [0.717, 1.165) is 25.3 Å². The highest BCUT2D eigenvalue weighted by molar-refractivity contribution is 7.09. The number of thiophene rings is 1.